The summed E-state index contributed by atoms with van der Waals surface area (Å²) in [6, 6.07) is 20.6. The molecule has 0 saturated heterocycles. The zero-order valence-electron chi connectivity index (χ0n) is 18.2. The summed E-state index contributed by atoms with van der Waals surface area (Å²) < 4.78 is 1.58. The fourth-order valence-corrected chi connectivity index (χ4v) is 4.02. The van der Waals surface area contributed by atoms with Crippen LogP contribution in [-0.4, -0.2) is 27.2 Å². The van der Waals surface area contributed by atoms with Gasteiger partial charge in [0.15, 0.2) is 0 Å². The lowest BCUT2D eigenvalue weighted by molar-refractivity contribution is -0.384. The second-order valence-electron chi connectivity index (χ2n) is 7.71. The largest absolute Gasteiger partial charge is 0.350 e. The molecule has 1 N–H and O–H groups in total. The first-order valence-electron chi connectivity index (χ1n) is 10.5. The van der Waals surface area contributed by atoms with Crippen molar-refractivity contribution in [3.63, 3.8) is 0 Å². The van der Waals surface area contributed by atoms with E-state index < -0.39 is 4.92 Å². The summed E-state index contributed by atoms with van der Waals surface area (Å²) in [5, 5.41) is 19.6. The number of aryl methyl sites for hydroxylation is 1. The van der Waals surface area contributed by atoms with Crippen molar-refractivity contribution in [1.82, 2.24) is 15.1 Å². The molecular weight excluding hydrogens is 475 g/mol. The maximum Gasteiger partial charge on any atom is 0.270 e. The van der Waals surface area contributed by atoms with Gasteiger partial charge in [-0.2, -0.15) is 5.10 Å². The van der Waals surface area contributed by atoms with E-state index >= 15 is 0 Å². The zero-order valence-corrected chi connectivity index (χ0v) is 19.7. The monoisotopic (exact) mass is 494 g/mol. The van der Waals surface area contributed by atoms with E-state index in [0.29, 0.717) is 40.0 Å². The van der Waals surface area contributed by atoms with Crippen LogP contribution >= 0.6 is 23.2 Å². The van der Waals surface area contributed by atoms with Gasteiger partial charge in [-0.1, -0.05) is 41.4 Å². The summed E-state index contributed by atoms with van der Waals surface area (Å²) >= 11 is 12.2. The number of nitro groups is 1. The fraction of sp³-hybridized carbons (Fsp3) is 0.120. The number of hydrogen-bond donors (Lipinski definition) is 1. The topological polar surface area (TPSA) is 90.1 Å². The van der Waals surface area contributed by atoms with Gasteiger partial charge >= 0.3 is 0 Å². The normalized spacial score (nSPS) is 10.8. The minimum Gasteiger partial charge on any atom is -0.350 e. The van der Waals surface area contributed by atoms with Crippen LogP contribution in [0, 0.1) is 17.0 Å². The smallest absolute Gasteiger partial charge is 0.270 e. The van der Waals surface area contributed by atoms with Gasteiger partial charge in [0, 0.05) is 34.3 Å². The highest BCUT2D eigenvalue weighted by Crippen LogP contribution is 2.25. The Morgan fingerprint density at radius 3 is 2.50 bits per heavy atom. The van der Waals surface area contributed by atoms with Crippen molar-refractivity contribution in [3.8, 4) is 16.9 Å². The molecule has 0 aliphatic heterocycles. The lowest BCUT2D eigenvalue weighted by Gasteiger charge is -2.10. The van der Waals surface area contributed by atoms with Gasteiger partial charge in [0.25, 0.3) is 11.6 Å². The lowest BCUT2D eigenvalue weighted by Crippen LogP contribution is -2.28. The van der Waals surface area contributed by atoms with Gasteiger partial charge in [-0.3, -0.25) is 14.9 Å². The molecule has 3 aromatic carbocycles. The van der Waals surface area contributed by atoms with Gasteiger partial charge in [-0.15, -0.1) is 0 Å². The standard InChI is InChI=1S/C25H20Cl2N4O3/c1-16-3-2-4-21(13-16)30-24(15-23(29-30)18-6-9-20(10-7-18)31(33)34)25(32)28-12-11-17-5-8-19(26)14-22(17)27/h2-10,13-15H,11-12H2,1H3,(H,28,32). The van der Waals surface area contributed by atoms with E-state index in [1.54, 1.807) is 35.0 Å². The van der Waals surface area contributed by atoms with Gasteiger partial charge in [-0.25, -0.2) is 4.68 Å². The van der Waals surface area contributed by atoms with Crippen LogP contribution in [0.3, 0.4) is 0 Å². The SMILES string of the molecule is Cc1cccc(-n2nc(-c3ccc([N+](=O)[O-])cc3)cc2C(=O)NCCc2ccc(Cl)cc2Cl)c1. The number of aromatic nitrogens is 2. The average Bonchev–Trinajstić information content (AvgIpc) is 3.26. The number of hydrogen-bond acceptors (Lipinski definition) is 4. The number of nitrogens with zero attached hydrogens (tertiary/aromatic N) is 3. The molecule has 1 heterocycles. The molecule has 0 bridgehead atoms. The summed E-state index contributed by atoms with van der Waals surface area (Å²) in [7, 11) is 0. The van der Waals surface area contributed by atoms with Crippen LogP contribution < -0.4 is 5.32 Å². The van der Waals surface area contributed by atoms with Crippen molar-refractivity contribution in [1.29, 1.82) is 0 Å². The lowest BCUT2D eigenvalue weighted by atomic mass is 10.1. The Labute approximate surface area is 206 Å². The van der Waals surface area contributed by atoms with E-state index in [9.17, 15) is 14.9 Å². The third-order valence-electron chi connectivity index (χ3n) is 5.26. The average molecular weight is 495 g/mol. The van der Waals surface area contributed by atoms with Crippen molar-refractivity contribution in [2.75, 3.05) is 6.54 Å². The minimum atomic E-state index is -0.457. The predicted octanol–water partition coefficient (Wildman–Crippen LogP) is 6.04. The second-order valence-corrected chi connectivity index (χ2v) is 8.55. The Kier molecular flexibility index (Phi) is 6.95. The molecule has 0 radical (unpaired) electrons. The van der Waals surface area contributed by atoms with E-state index in [-0.39, 0.29) is 11.6 Å². The highest BCUT2D eigenvalue weighted by atomic mass is 35.5. The molecule has 0 aliphatic carbocycles. The maximum absolute atomic E-state index is 13.1. The number of benzene rings is 3. The molecule has 172 valence electrons. The molecule has 1 amide bonds. The molecule has 34 heavy (non-hydrogen) atoms. The third kappa shape index (κ3) is 5.27. The minimum absolute atomic E-state index is 0.0132. The van der Waals surface area contributed by atoms with Gasteiger partial charge < -0.3 is 5.32 Å². The number of amides is 1. The van der Waals surface area contributed by atoms with E-state index in [0.717, 1.165) is 16.8 Å². The highest BCUT2D eigenvalue weighted by Gasteiger charge is 2.18. The Morgan fingerprint density at radius 1 is 1.06 bits per heavy atom. The Bertz CT molecular complexity index is 1370. The number of nitro benzene ring substituents is 1. The molecule has 1 aromatic heterocycles. The van der Waals surface area contributed by atoms with Crippen molar-refractivity contribution < 1.29 is 9.72 Å². The molecule has 0 fully saturated rings. The van der Waals surface area contributed by atoms with E-state index in [4.69, 9.17) is 23.2 Å². The first-order chi connectivity index (χ1) is 16.3. The van der Waals surface area contributed by atoms with Gasteiger partial charge in [0.1, 0.15) is 5.69 Å². The molecule has 9 heteroatoms. The van der Waals surface area contributed by atoms with Crippen molar-refractivity contribution >= 4 is 34.8 Å². The van der Waals surface area contributed by atoms with Crippen LogP contribution in [0.25, 0.3) is 16.9 Å². The summed E-state index contributed by atoms with van der Waals surface area (Å²) in [6.07, 6.45) is 0.537. The Hall–Kier alpha value is -3.68. The molecular formula is C25H20Cl2N4O3. The maximum atomic E-state index is 13.1. The van der Waals surface area contributed by atoms with Crippen molar-refractivity contribution in [2.24, 2.45) is 0 Å². The number of nitrogens with one attached hydrogen (secondary N) is 1. The highest BCUT2D eigenvalue weighted by molar-refractivity contribution is 6.35. The van der Waals surface area contributed by atoms with Gasteiger partial charge in [-0.05, 0) is 66.9 Å². The van der Waals surface area contributed by atoms with Crippen LogP contribution in [0.1, 0.15) is 21.6 Å². The Balaban J connectivity index is 1.61. The molecule has 7 nitrogen and oxygen atoms in total. The van der Waals surface area contributed by atoms with Gasteiger partial charge in [0.2, 0.25) is 0 Å². The molecule has 0 spiro atoms. The van der Waals surface area contributed by atoms with Crippen molar-refractivity contribution in [2.45, 2.75) is 13.3 Å². The van der Waals surface area contributed by atoms with Crippen LogP contribution in [0.5, 0.6) is 0 Å². The first kappa shape index (κ1) is 23.5. The summed E-state index contributed by atoms with van der Waals surface area (Å²) in [5.41, 5.74) is 4.17. The molecule has 4 rings (SSSR count). The molecule has 0 unspecified atom stereocenters. The van der Waals surface area contributed by atoms with Crippen LogP contribution in [0.2, 0.25) is 10.0 Å². The number of carbonyl (C=O) groups excluding carboxylic acids is 1. The predicted molar refractivity (Wildman–Crippen MR) is 133 cm³/mol. The Morgan fingerprint density at radius 2 is 1.82 bits per heavy atom. The number of halogens is 2. The van der Waals surface area contributed by atoms with Crippen LogP contribution in [0.15, 0.2) is 72.8 Å². The van der Waals surface area contributed by atoms with Gasteiger partial charge in [0.05, 0.1) is 16.3 Å². The molecule has 0 aliphatic rings. The molecule has 0 atom stereocenters. The number of carbonyl (C=O) groups is 1. The number of non-ortho nitro benzene ring substituents is 1. The zero-order chi connectivity index (χ0) is 24.2. The van der Waals surface area contributed by atoms with E-state index in [2.05, 4.69) is 10.4 Å². The summed E-state index contributed by atoms with van der Waals surface area (Å²) in [5.74, 6) is -0.299. The summed E-state index contributed by atoms with van der Waals surface area (Å²) in [4.78, 5) is 23.6. The van der Waals surface area contributed by atoms with Crippen molar-refractivity contribution in [3.05, 3.63) is 110 Å². The van der Waals surface area contributed by atoms with E-state index in [1.165, 1.54) is 12.1 Å². The number of rotatable bonds is 7. The van der Waals surface area contributed by atoms with Crippen LogP contribution in [0.4, 0.5) is 5.69 Å². The van der Waals surface area contributed by atoms with E-state index in [1.807, 2.05) is 37.3 Å². The fourth-order valence-electron chi connectivity index (χ4n) is 3.52. The summed E-state index contributed by atoms with van der Waals surface area (Å²) in [6.45, 7) is 2.33. The van der Waals surface area contributed by atoms with Crippen LogP contribution in [-0.2, 0) is 6.42 Å². The first-order valence-corrected chi connectivity index (χ1v) is 11.2. The molecule has 4 aromatic rings. The third-order valence-corrected chi connectivity index (χ3v) is 5.84. The second kappa shape index (κ2) is 10.1. The quantitative estimate of drug-likeness (QED) is 0.250. The molecule has 0 saturated carbocycles.